The molecule has 1 heterocycles. The number of halogens is 1. The lowest BCUT2D eigenvalue weighted by Gasteiger charge is -2.15. The molecule has 1 unspecified atom stereocenters. The van der Waals surface area contributed by atoms with Crippen molar-refractivity contribution < 1.29 is 0 Å². The molecule has 0 amide bonds. The Morgan fingerprint density at radius 1 is 1.24 bits per heavy atom. The van der Waals surface area contributed by atoms with E-state index in [0.717, 1.165) is 18.1 Å². The molecule has 1 aromatic heterocycles. The van der Waals surface area contributed by atoms with E-state index in [-0.39, 0.29) is 0 Å². The van der Waals surface area contributed by atoms with E-state index in [0.29, 0.717) is 6.04 Å². The van der Waals surface area contributed by atoms with Gasteiger partial charge in [-0.3, -0.25) is 0 Å². The molecule has 112 valence electrons. The number of rotatable bonds is 4. The molecule has 1 aliphatic rings. The Labute approximate surface area is 132 Å². The van der Waals surface area contributed by atoms with Gasteiger partial charge in [-0.05, 0) is 48.6 Å². The molecule has 1 aromatic carbocycles. The van der Waals surface area contributed by atoms with Gasteiger partial charge in [-0.25, -0.2) is 0 Å². The highest BCUT2D eigenvalue weighted by Crippen LogP contribution is 2.30. The zero-order valence-corrected chi connectivity index (χ0v) is 13.4. The molecule has 0 spiro atoms. The molecule has 21 heavy (non-hydrogen) atoms. The van der Waals surface area contributed by atoms with E-state index in [1.54, 1.807) is 0 Å². The minimum Gasteiger partial charge on any atom is -0.349 e. The highest BCUT2D eigenvalue weighted by Gasteiger charge is 2.19. The highest BCUT2D eigenvalue weighted by molar-refractivity contribution is 6.31. The first-order valence-electron chi connectivity index (χ1n) is 7.93. The zero-order chi connectivity index (χ0) is 14.7. The second-order valence-corrected chi connectivity index (χ2v) is 6.27. The number of benzene rings is 1. The summed E-state index contributed by atoms with van der Waals surface area (Å²) in [5.41, 5.74) is 4.18. The van der Waals surface area contributed by atoms with E-state index in [1.807, 2.05) is 12.1 Å². The normalized spacial score (nSPS) is 18.3. The van der Waals surface area contributed by atoms with Crippen LogP contribution in [0, 0.1) is 0 Å². The standard InChI is InChI=1S/C18H23ClN2/c1-2-20-18-10-6-4-7-14-11-21(13-16(14)18)12-15-8-3-5-9-17(15)19/h3,5,8-9,11,13,18,20H,2,4,6-7,10,12H2,1H3. The first kappa shape index (κ1) is 14.7. The molecule has 1 atom stereocenters. The summed E-state index contributed by atoms with van der Waals surface area (Å²) in [6.07, 6.45) is 9.69. The summed E-state index contributed by atoms with van der Waals surface area (Å²) >= 11 is 6.28. The van der Waals surface area contributed by atoms with Crippen molar-refractivity contribution in [1.29, 1.82) is 0 Å². The number of nitrogens with one attached hydrogen (secondary N) is 1. The molecule has 3 heteroatoms. The average Bonchev–Trinajstić information content (AvgIpc) is 2.79. The Morgan fingerprint density at radius 2 is 2.10 bits per heavy atom. The van der Waals surface area contributed by atoms with Gasteiger partial charge >= 0.3 is 0 Å². The van der Waals surface area contributed by atoms with Crippen LogP contribution in [0.25, 0.3) is 0 Å². The second kappa shape index (κ2) is 6.67. The van der Waals surface area contributed by atoms with E-state index in [1.165, 1.54) is 42.4 Å². The molecular weight excluding hydrogens is 280 g/mol. The zero-order valence-electron chi connectivity index (χ0n) is 12.6. The Bertz CT molecular complexity index is 603. The number of nitrogens with zero attached hydrogens (tertiary/aromatic N) is 1. The van der Waals surface area contributed by atoms with Gasteiger partial charge in [0.1, 0.15) is 0 Å². The van der Waals surface area contributed by atoms with Gasteiger partial charge in [0, 0.05) is 30.0 Å². The summed E-state index contributed by atoms with van der Waals surface area (Å²) in [6.45, 7) is 4.07. The Kier molecular flexibility index (Phi) is 4.67. The lowest BCUT2D eigenvalue weighted by molar-refractivity contribution is 0.502. The van der Waals surface area contributed by atoms with Gasteiger partial charge in [0.2, 0.25) is 0 Å². The van der Waals surface area contributed by atoms with Crippen LogP contribution in [0.3, 0.4) is 0 Å². The smallest absolute Gasteiger partial charge is 0.0485 e. The van der Waals surface area contributed by atoms with Crippen molar-refractivity contribution in [3.8, 4) is 0 Å². The Balaban J connectivity index is 1.85. The van der Waals surface area contributed by atoms with Gasteiger partial charge in [-0.1, -0.05) is 43.1 Å². The number of aryl methyl sites for hydroxylation is 1. The van der Waals surface area contributed by atoms with E-state index < -0.39 is 0 Å². The number of hydrogen-bond acceptors (Lipinski definition) is 1. The molecular formula is C18H23ClN2. The predicted molar refractivity (Wildman–Crippen MR) is 89.0 cm³/mol. The minimum absolute atomic E-state index is 0.514. The average molecular weight is 303 g/mol. The van der Waals surface area contributed by atoms with Crippen molar-refractivity contribution in [2.24, 2.45) is 0 Å². The van der Waals surface area contributed by atoms with Crippen molar-refractivity contribution in [1.82, 2.24) is 9.88 Å². The minimum atomic E-state index is 0.514. The van der Waals surface area contributed by atoms with Crippen molar-refractivity contribution in [3.63, 3.8) is 0 Å². The van der Waals surface area contributed by atoms with Crippen molar-refractivity contribution in [2.75, 3.05) is 6.54 Å². The first-order chi connectivity index (χ1) is 10.3. The van der Waals surface area contributed by atoms with Crippen LogP contribution in [0.4, 0.5) is 0 Å². The van der Waals surface area contributed by atoms with Gasteiger partial charge in [-0.15, -0.1) is 0 Å². The van der Waals surface area contributed by atoms with Crippen LogP contribution in [0.5, 0.6) is 0 Å². The number of fused-ring (bicyclic) bond motifs is 1. The quantitative estimate of drug-likeness (QED) is 0.819. The third-order valence-electron chi connectivity index (χ3n) is 4.32. The third kappa shape index (κ3) is 3.33. The maximum absolute atomic E-state index is 6.28. The molecule has 0 saturated carbocycles. The summed E-state index contributed by atoms with van der Waals surface area (Å²) in [5, 5.41) is 4.48. The maximum atomic E-state index is 6.28. The van der Waals surface area contributed by atoms with E-state index in [2.05, 4.69) is 41.3 Å². The van der Waals surface area contributed by atoms with Crippen molar-refractivity contribution in [3.05, 3.63) is 58.4 Å². The fourth-order valence-corrected chi connectivity index (χ4v) is 3.48. The molecule has 0 saturated heterocycles. The molecule has 1 aliphatic carbocycles. The van der Waals surface area contributed by atoms with Crippen LogP contribution in [-0.4, -0.2) is 11.1 Å². The Hall–Kier alpha value is -1.25. The van der Waals surface area contributed by atoms with Crippen molar-refractivity contribution in [2.45, 2.75) is 45.2 Å². The largest absolute Gasteiger partial charge is 0.349 e. The monoisotopic (exact) mass is 302 g/mol. The SMILES string of the molecule is CCNC1CCCCc2cn(Cc3ccccc3Cl)cc21. The highest BCUT2D eigenvalue weighted by atomic mass is 35.5. The number of hydrogen-bond donors (Lipinski definition) is 1. The van der Waals surface area contributed by atoms with Gasteiger partial charge in [-0.2, -0.15) is 0 Å². The molecule has 0 fully saturated rings. The van der Waals surface area contributed by atoms with Crippen LogP contribution in [0.15, 0.2) is 36.7 Å². The summed E-state index contributed by atoms with van der Waals surface area (Å²) in [5.74, 6) is 0. The molecule has 0 radical (unpaired) electrons. The summed E-state index contributed by atoms with van der Waals surface area (Å²) in [6, 6.07) is 8.62. The Morgan fingerprint density at radius 3 is 2.90 bits per heavy atom. The van der Waals surface area contributed by atoms with E-state index >= 15 is 0 Å². The first-order valence-corrected chi connectivity index (χ1v) is 8.31. The summed E-state index contributed by atoms with van der Waals surface area (Å²) in [4.78, 5) is 0. The van der Waals surface area contributed by atoms with E-state index in [4.69, 9.17) is 11.6 Å². The van der Waals surface area contributed by atoms with Gasteiger partial charge in [0.25, 0.3) is 0 Å². The lowest BCUT2D eigenvalue weighted by Crippen LogP contribution is -2.20. The maximum Gasteiger partial charge on any atom is 0.0485 e. The van der Waals surface area contributed by atoms with Crippen LogP contribution in [0.1, 0.15) is 48.9 Å². The second-order valence-electron chi connectivity index (χ2n) is 5.86. The van der Waals surface area contributed by atoms with Crippen LogP contribution in [-0.2, 0) is 13.0 Å². The summed E-state index contributed by atoms with van der Waals surface area (Å²) in [7, 11) is 0. The third-order valence-corrected chi connectivity index (χ3v) is 4.69. The van der Waals surface area contributed by atoms with Crippen LogP contribution < -0.4 is 5.32 Å². The van der Waals surface area contributed by atoms with Gasteiger partial charge in [0.15, 0.2) is 0 Å². The lowest BCUT2D eigenvalue weighted by atomic mass is 10.0. The predicted octanol–water partition coefficient (Wildman–Crippen LogP) is 4.57. The fourth-order valence-electron chi connectivity index (χ4n) is 3.29. The molecule has 1 N–H and O–H groups in total. The molecule has 2 nitrogen and oxygen atoms in total. The van der Waals surface area contributed by atoms with Crippen LogP contribution in [0.2, 0.25) is 5.02 Å². The van der Waals surface area contributed by atoms with Crippen LogP contribution >= 0.6 is 11.6 Å². The molecule has 0 bridgehead atoms. The number of aromatic nitrogens is 1. The topological polar surface area (TPSA) is 17.0 Å². The van der Waals surface area contributed by atoms with Gasteiger partial charge < -0.3 is 9.88 Å². The van der Waals surface area contributed by atoms with Gasteiger partial charge in [0.05, 0.1) is 0 Å². The van der Waals surface area contributed by atoms with E-state index in [9.17, 15) is 0 Å². The van der Waals surface area contributed by atoms with Crippen molar-refractivity contribution >= 4 is 11.6 Å². The molecule has 2 aromatic rings. The summed E-state index contributed by atoms with van der Waals surface area (Å²) < 4.78 is 2.29. The molecule has 0 aliphatic heterocycles. The fraction of sp³-hybridized carbons (Fsp3) is 0.444. The molecule has 3 rings (SSSR count).